The van der Waals surface area contributed by atoms with Crippen molar-refractivity contribution in [3.8, 4) is 11.4 Å². The Bertz CT molecular complexity index is 1180. The smallest absolute Gasteiger partial charge is 0.338 e. The SMILES string of the molecule is CCOC(=O)c1ccc(Nc2nc(-c3cccnc3C)nc3ccccc23)cc1.Cl. The third kappa shape index (κ3) is 4.39. The minimum absolute atomic E-state index is 0. The fourth-order valence-corrected chi connectivity index (χ4v) is 3.05. The second-order valence-electron chi connectivity index (χ2n) is 6.47. The van der Waals surface area contributed by atoms with E-state index in [1.807, 2.05) is 55.5 Å². The lowest BCUT2D eigenvalue weighted by atomic mass is 10.1. The van der Waals surface area contributed by atoms with Gasteiger partial charge >= 0.3 is 5.97 Å². The number of para-hydroxylation sites is 1. The number of anilines is 2. The van der Waals surface area contributed by atoms with Gasteiger partial charge in [0, 0.05) is 28.5 Å². The van der Waals surface area contributed by atoms with E-state index in [4.69, 9.17) is 14.7 Å². The number of nitrogens with zero attached hydrogens (tertiary/aromatic N) is 3. The van der Waals surface area contributed by atoms with E-state index >= 15 is 0 Å². The molecular formula is C23H21ClN4O2. The van der Waals surface area contributed by atoms with Crippen LogP contribution in [0.1, 0.15) is 23.0 Å². The summed E-state index contributed by atoms with van der Waals surface area (Å²) in [4.78, 5) is 25.7. The number of hydrogen-bond acceptors (Lipinski definition) is 6. The molecule has 0 fully saturated rings. The molecule has 152 valence electrons. The van der Waals surface area contributed by atoms with Gasteiger partial charge in [0.1, 0.15) is 5.82 Å². The molecule has 0 aliphatic rings. The topological polar surface area (TPSA) is 77.0 Å². The maximum atomic E-state index is 11.9. The van der Waals surface area contributed by atoms with Crippen LogP contribution in [-0.4, -0.2) is 27.5 Å². The van der Waals surface area contributed by atoms with Gasteiger partial charge in [0.05, 0.1) is 17.7 Å². The maximum Gasteiger partial charge on any atom is 0.338 e. The molecular weight excluding hydrogens is 400 g/mol. The Morgan fingerprint density at radius 2 is 1.77 bits per heavy atom. The number of aryl methyl sites for hydroxylation is 1. The summed E-state index contributed by atoms with van der Waals surface area (Å²) in [6, 6.07) is 18.8. The average molecular weight is 421 g/mol. The van der Waals surface area contributed by atoms with Crippen molar-refractivity contribution in [2.24, 2.45) is 0 Å². The zero-order chi connectivity index (χ0) is 20.2. The summed E-state index contributed by atoms with van der Waals surface area (Å²) < 4.78 is 5.03. The molecule has 4 rings (SSSR count). The van der Waals surface area contributed by atoms with E-state index in [1.165, 1.54) is 0 Å². The third-order valence-corrected chi connectivity index (χ3v) is 4.51. The van der Waals surface area contributed by atoms with Gasteiger partial charge in [-0.1, -0.05) is 12.1 Å². The van der Waals surface area contributed by atoms with Crippen LogP contribution < -0.4 is 5.32 Å². The average Bonchev–Trinajstić information content (AvgIpc) is 2.75. The number of benzene rings is 2. The predicted octanol–water partition coefficient (Wildman–Crippen LogP) is 5.34. The van der Waals surface area contributed by atoms with Gasteiger partial charge in [-0.15, -0.1) is 12.4 Å². The Morgan fingerprint density at radius 3 is 2.50 bits per heavy atom. The molecule has 0 saturated heterocycles. The van der Waals surface area contributed by atoms with Gasteiger partial charge < -0.3 is 10.1 Å². The Labute approximate surface area is 180 Å². The summed E-state index contributed by atoms with van der Waals surface area (Å²) in [5, 5.41) is 4.26. The number of esters is 1. The van der Waals surface area contributed by atoms with Crippen LogP contribution in [0, 0.1) is 6.92 Å². The highest BCUT2D eigenvalue weighted by Gasteiger charge is 2.12. The summed E-state index contributed by atoms with van der Waals surface area (Å²) in [7, 11) is 0. The van der Waals surface area contributed by atoms with Gasteiger partial charge in [-0.05, 0) is 62.4 Å². The number of carbonyl (C=O) groups excluding carboxylic acids is 1. The molecule has 4 aromatic rings. The van der Waals surface area contributed by atoms with Crippen molar-refractivity contribution in [3.63, 3.8) is 0 Å². The molecule has 2 aromatic heterocycles. The molecule has 0 unspecified atom stereocenters. The fourth-order valence-electron chi connectivity index (χ4n) is 3.05. The molecule has 0 atom stereocenters. The lowest BCUT2D eigenvalue weighted by Crippen LogP contribution is -2.04. The standard InChI is InChI=1S/C23H20N4O2.ClH/c1-3-29-23(28)16-10-12-17(13-11-16)25-22-19-7-4-5-9-20(19)26-21(27-22)18-8-6-14-24-15(18)2;/h4-14H,3H2,1-2H3,(H,25,26,27);1H. The summed E-state index contributed by atoms with van der Waals surface area (Å²) >= 11 is 0. The Balaban J connectivity index is 0.00000256. The van der Waals surface area contributed by atoms with Gasteiger partial charge in [0.2, 0.25) is 0 Å². The molecule has 0 amide bonds. The number of pyridine rings is 1. The summed E-state index contributed by atoms with van der Waals surface area (Å²) in [5.41, 5.74) is 3.92. The number of nitrogens with one attached hydrogen (secondary N) is 1. The predicted molar refractivity (Wildman–Crippen MR) is 120 cm³/mol. The van der Waals surface area contributed by atoms with Crippen molar-refractivity contribution in [2.75, 3.05) is 11.9 Å². The minimum atomic E-state index is -0.333. The number of hydrogen-bond donors (Lipinski definition) is 1. The highest BCUT2D eigenvalue weighted by Crippen LogP contribution is 2.28. The van der Waals surface area contributed by atoms with Gasteiger partial charge in [0.25, 0.3) is 0 Å². The normalized spacial score (nSPS) is 10.3. The van der Waals surface area contributed by atoms with Crippen LogP contribution in [0.5, 0.6) is 0 Å². The molecule has 0 bridgehead atoms. The Morgan fingerprint density at radius 1 is 1.00 bits per heavy atom. The van der Waals surface area contributed by atoms with Crippen LogP contribution in [0.4, 0.5) is 11.5 Å². The Hall–Kier alpha value is -3.51. The summed E-state index contributed by atoms with van der Waals surface area (Å²) in [6.45, 7) is 4.08. The molecule has 2 aromatic carbocycles. The molecule has 0 saturated carbocycles. The van der Waals surface area contributed by atoms with Gasteiger partial charge in [-0.2, -0.15) is 0 Å². The number of ether oxygens (including phenoxy) is 1. The first kappa shape index (κ1) is 21.2. The van der Waals surface area contributed by atoms with Gasteiger partial charge in [-0.3, -0.25) is 4.98 Å². The van der Waals surface area contributed by atoms with Crippen molar-refractivity contribution in [1.82, 2.24) is 15.0 Å². The van der Waals surface area contributed by atoms with E-state index in [-0.39, 0.29) is 18.4 Å². The van der Waals surface area contributed by atoms with E-state index in [1.54, 1.807) is 25.3 Å². The first-order valence-corrected chi connectivity index (χ1v) is 9.38. The van der Waals surface area contributed by atoms with Crippen LogP contribution in [0.3, 0.4) is 0 Å². The highest BCUT2D eigenvalue weighted by molar-refractivity contribution is 5.93. The third-order valence-electron chi connectivity index (χ3n) is 4.51. The molecule has 0 aliphatic heterocycles. The molecule has 0 aliphatic carbocycles. The molecule has 2 heterocycles. The molecule has 7 heteroatoms. The van der Waals surface area contributed by atoms with Crippen molar-refractivity contribution >= 4 is 40.8 Å². The lowest BCUT2D eigenvalue weighted by molar-refractivity contribution is 0.0526. The van der Waals surface area contributed by atoms with E-state index in [0.717, 1.165) is 27.8 Å². The van der Waals surface area contributed by atoms with E-state index in [9.17, 15) is 4.79 Å². The van der Waals surface area contributed by atoms with Crippen molar-refractivity contribution in [3.05, 3.63) is 78.1 Å². The molecule has 0 spiro atoms. The van der Waals surface area contributed by atoms with Crippen molar-refractivity contribution in [2.45, 2.75) is 13.8 Å². The molecule has 0 radical (unpaired) electrons. The quantitative estimate of drug-likeness (QED) is 0.439. The molecule has 6 nitrogen and oxygen atoms in total. The first-order chi connectivity index (χ1) is 14.2. The second kappa shape index (κ2) is 9.33. The van der Waals surface area contributed by atoms with Crippen LogP contribution in [-0.2, 0) is 4.74 Å². The minimum Gasteiger partial charge on any atom is -0.462 e. The fraction of sp³-hybridized carbons (Fsp3) is 0.130. The van der Waals surface area contributed by atoms with E-state index in [0.29, 0.717) is 23.8 Å². The highest BCUT2D eigenvalue weighted by atomic mass is 35.5. The molecule has 30 heavy (non-hydrogen) atoms. The van der Waals surface area contributed by atoms with Crippen LogP contribution >= 0.6 is 12.4 Å². The number of carbonyl (C=O) groups is 1. The van der Waals surface area contributed by atoms with Crippen LogP contribution in [0.25, 0.3) is 22.3 Å². The van der Waals surface area contributed by atoms with Crippen LogP contribution in [0.15, 0.2) is 66.9 Å². The zero-order valence-corrected chi connectivity index (χ0v) is 17.4. The lowest BCUT2D eigenvalue weighted by Gasteiger charge is -2.12. The summed E-state index contributed by atoms with van der Waals surface area (Å²) in [6.07, 6.45) is 1.75. The van der Waals surface area contributed by atoms with E-state index < -0.39 is 0 Å². The second-order valence-corrected chi connectivity index (χ2v) is 6.47. The largest absolute Gasteiger partial charge is 0.462 e. The van der Waals surface area contributed by atoms with Gasteiger partial charge in [0.15, 0.2) is 5.82 Å². The molecule has 1 N–H and O–H groups in total. The van der Waals surface area contributed by atoms with Crippen molar-refractivity contribution in [1.29, 1.82) is 0 Å². The van der Waals surface area contributed by atoms with Crippen LogP contribution in [0.2, 0.25) is 0 Å². The first-order valence-electron chi connectivity index (χ1n) is 9.38. The number of aromatic nitrogens is 3. The number of fused-ring (bicyclic) bond motifs is 1. The Kier molecular flexibility index (Phi) is 6.59. The number of rotatable bonds is 5. The maximum absolute atomic E-state index is 11.9. The van der Waals surface area contributed by atoms with E-state index in [2.05, 4.69) is 10.3 Å². The monoisotopic (exact) mass is 420 g/mol. The zero-order valence-electron chi connectivity index (χ0n) is 16.6. The number of halogens is 1. The van der Waals surface area contributed by atoms with Gasteiger partial charge in [-0.25, -0.2) is 14.8 Å². The van der Waals surface area contributed by atoms with Crippen molar-refractivity contribution < 1.29 is 9.53 Å². The summed E-state index contributed by atoms with van der Waals surface area (Å²) in [5.74, 6) is 0.971.